The molecular formula is C22H36N2O2. The fraction of sp³-hybridized carbons (Fsp3) is 0.727. The van der Waals surface area contributed by atoms with Crippen LogP contribution in [0.25, 0.3) is 0 Å². The van der Waals surface area contributed by atoms with Crippen LogP contribution in [0.15, 0.2) is 21.2 Å². The van der Waals surface area contributed by atoms with Gasteiger partial charge in [0.25, 0.3) is 0 Å². The second kappa shape index (κ2) is 7.21. The Balaban J connectivity index is 2.00. The van der Waals surface area contributed by atoms with Gasteiger partial charge < -0.3 is 8.83 Å². The van der Waals surface area contributed by atoms with Gasteiger partial charge in [0.05, 0.1) is 12.4 Å². The number of nitrogens with zero attached hydrogens (tertiary/aromatic N) is 2. The summed E-state index contributed by atoms with van der Waals surface area (Å²) < 4.78 is 12.1. The van der Waals surface area contributed by atoms with Gasteiger partial charge in [-0.1, -0.05) is 62.3 Å². The van der Waals surface area contributed by atoms with Crippen LogP contribution in [0.5, 0.6) is 0 Å². The molecule has 2 rings (SSSR count). The third-order valence-electron chi connectivity index (χ3n) is 4.69. The van der Waals surface area contributed by atoms with E-state index in [4.69, 9.17) is 8.83 Å². The molecule has 146 valence electrons. The zero-order valence-electron chi connectivity index (χ0n) is 18.1. The Morgan fingerprint density at radius 3 is 2.04 bits per heavy atom. The zero-order valence-corrected chi connectivity index (χ0v) is 18.1. The molecule has 0 spiro atoms. The summed E-state index contributed by atoms with van der Waals surface area (Å²) in [7, 11) is 0. The molecule has 0 saturated heterocycles. The van der Waals surface area contributed by atoms with E-state index in [1.165, 1.54) is 0 Å². The summed E-state index contributed by atoms with van der Waals surface area (Å²) in [5.41, 5.74) is 0.0442. The summed E-state index contributed by atoms with van der Waals surface area (Å²) in [6.45, 7) is 19.6. The predicted octanol–water partition coefficient (Wildman–Crippen LogP) is 6.41. The van der Waals surface area contributed by atoms with Crippen LogP contribution in [0, 0.1) is 5.41 Å². The molecule has 2 aromatic rings. The molecule has 1 unspecified atom stereocenters. The summed E-state index contributed by atoms with van der Waals surface area (Å²) in [5.74, 6) is 3.89. The van der Waals surface area contributed by atoms with E-state index in [2.05, 4.69) is 72.3 Å². The van der Waals surface area contributed by atoms with Crippen molar-refractivity contribution in [1.29, 1.82) is 0 Å². The third-order valence-corrected chi connectivity index (χ3v) is 4.69. The van der Waals surface area contributed by atoms with Gasteiger partial charge in [0.1, 0.15) is 11.5 Å². The summed E-state index contributed by atoms with van der Waals surface area (Å²) in [6, 6.07) is 0. The van der Waals surface area contributed by atoms with E-state index < -0.39 is 0 Å². The average molecular weight is 361 g/mol. The van der Waals surface area contributed by atoms with Crippen LogP contribution < -0.4 is 0 Å². The Kier molecular flexibility index (Phi) is 5.74. The molecule has 0 amide bonds. The Morgan fingerprint density at radius 1 is 0.885 bits per heavy atom. The summed E-state index contributed by atoms with van der Waals surface area (Å²) in [6.07, 6.45) is 6.65. The van der Waals surface area contributed by atoms with Crippen molar-refractivity contribution >= 4 is 0 Å². The highest BCUT2D eigenvalue weighted by molar-refractivity contribution is 5.08. The van der Waals surface area contributed by atoms with Crippen LogP contribution in [0.3, 0.4) is 0 Å². The maximum absolute atomic E-state index is 6.06. The summed E-state index contributed by atoms with van der Waals surface area (Å²) >= 11 is 0. The highest BCUT2D eigenvalue weighted by atomic mass is 16.4. The van der Waals surface area contributed by atoms with Crippen molar-refractivity contribution in [1.82, 2.24) is 9.97 Å². The number of hydrogen-bond acceptors (Lipinski definition) is 4. The molecule has 0 N–H and O–H groups in total. The zero-order chi connectivity index (χ0) is 19.8. The first-order valence-electron chi connectivity index (χ1n) is 9.69. The normalized spacial score (nSPS) is 14.7. The minimum atomic E-state index is -0.0999. The van der Waals surface area contributed by atoms with E-state index in [-0.39, 0.29) is 16.2 Å². The number of rotatable bonds is 6. The maximum atomic E-state index is 6.06. The minimum Gasteiger partial charge on any atom is -0.445 e. The highest BCUT2D eigenvalue weighted by Crippen LogP contribution is 2.34. The second-order valence-electron chi connectivity index (χ2n) is 10.5. The van der Waals surface area contributed by atoms with Gasteiger partial charge in [-0.15, -0.1) is 0 Å². The lowest BCUT2D eigenvalue weighted by Gasteiger charge is -2.22. The van der Waals surface area contributed by atoms with Gasteiger partial charge in [-0.05, 0) is 18.3 Å². The fourth-order valence-electron chi connectivity index (χ4n) is 2.91. The largest absolute Gasteiger partial charge is 0.445 e. The molecule has 0 aliphatic rings. The van der Waals surface area contributed by atoms with Crippen molar-refractivity contribution in [3.05, 3.63) is 35.7 Å². The summed E-state index contributed by atoms with van der Waals surface area (Å²) in [4.78, 5) is 9.01. The SMILES string of the molecule is CC(CCC(C)(C)c1ncc(CC(C)(C)C)o1)c1cnc(C(C)(C)C)o1. The van der Waals surface area contributed by atoms with Gasteiger partial charge >= 0.3 is 0 Å². The van der Waals surface area contributed by atoms with E-state index >= 15 is 0 Å². The number of oxazole rings is 2. The van der Waals surface area contributed by atoms with Crippen LogP contribution >= 0.6 is 0 Å². The van der Waals surface area contributed by atoms with Crippen LogP contribution in [0.1, 0.15) is 104 Å². The molecule has 4 heteroatoms. The number of aromatic nitrogens is 2. The molecule has 0 bridgehead atoms. The van der Waals surface area contributed by atoms with Crippen molar-refractivity contribution in [3.8, 4) is 0 Å². The summed E-state index contributed by atoms with van der Waals surface area (Å²) in [5, 5.41) is 0. The molecule has 0 saturated carbocycles. The molecule has 0 aliphatic heterocycles. The van der Waals surface area contributed by atoms with Crippen LogP contribution in [-0.4, -0.2) is 9.97 Å². The Labute approximate surface area is 158 Å². The van der Waals surface area contributed by atoms with Crippen LogP contribution in [-0.2, 0) is 17.3 Å². The Morgan fingerprint density at radius 2 is 1.50 bits per heavy atom. The second-order valence-corrected chi connectivity index (χ2v) is 10.5. The average Bonchev–Trinajstić information content (AvgIpc) is 3.11. The first-order chi connectivity index (χ1) is 11.8. The topological polar surface area (TPSA) is 52.1 Å². The molecule has 2 aromatic heterocycles. The van der Waals surface area contributed by atoms with Crippen molar-refractivity contribution in [2.75, 3.05) is 0 Å². The van der Waals surface area contributed by atoms with Gasteiger partial charge in [-0.25, -0.2) is 9.97 Å². The van der Waals surface area contributed by atoms with Crippen molar-refractivity contribution < 1.29 is 8.83 Å². The molecule has 26 heavy (non-hydrogen) atoms. The van der Waals surface area contributed by atoms with Gasteiger partial charge in [-0.2, -0.15) is 0 Å². The lowest BCUT2D eigenvalue weighted by molar-refractivity contribution is 0.295. The van der Waals surface area contributed by atoms with Gasteiger partial charge in [0, 0.05) is 23.2 Å². The molecule has 1 atom stereocenters. The minimum absolute atomic E-state index is 0.0568. The van der Waals surface area contributed by atoms with E-state index in [1.807, 2.05) is 12.4 Å². The lowest BCUT2D eigenvalue weighted by atomic mass is 9.84. The van der Waals surface area contributed by atoms with Gasteiger partial charge in [-0.3, -0.25) is 0 Å². The van der Waals surface area contributed by atoms with E-state index in [9.17, 15) is 0 Å². The maximum Gasteiger partial charge on any atom is 0.200 e. The molecular weight excluding hydrogens is 324 g/mol. The van der Waals surface area contributed by atoms with E-state index in [0.29, 0.717) is 5.92 Å². The van der Waals surface area contributed by atoms with Gasteiger partial charge in [0.2, 0.25) is 0 Å². The molecule has 4 nitrogen and oxygen atoms in total. The first kappa shape index (κ1) is 20.7. The van der Waals surface area contributed by atoms with Crippen molar-refractivity contribution in [2.45, 2.75) is 98.3 Å². The molecule has 2 heterocycles. The molecule has 0 radical (unpaired) electrons. The van der Waals surface area contributed by atoms with Gasteiger partial charge in [0.15, 0.2) is 11.8 Å². The molecule has 0 aromatic carbocycles. The van der Waals surface area contributed by atoms with Crippen molar-refractivity contribution in [3.63, 3.8) is 0 Å². The van der Waals surface area contributed by atoms with Crippen LogP contribution in [0.2, 0.25) is 0 Å². The van der Waals surface area contributed by atoms with Crippen LogP contribution in [0.4, 0.5) is 0 Å². The Hall–Kier alpha value is -1.58. The molecule has 0 aliphatic carbocycles. The number of hydrogen-bond donors (Lipinski definition) is 0. The van der Waals surface area contributed by atoms with Crippen molar-refractivity contribution in [2.24, 2.45) is 5.41 Å². The Bertz CT molecular complexity index is 711. The quantitative estimate of drug-likeness (QED) is 0.597. The lowest BCUT2D eigenvalue weighted by Crippen LogP contribution is -2.18. The standard InChI is InChI=1S/C22H36N2O2/c1-15(17-14-24-18(26-17)21(5,6)7)10-11-22(8,9)19-23-13-16(25-19)12-20(2,3)4/h13-15H,10-12H2,1-9H3. The predicted molar refractivity (Wildman–Crippen MR) is 106 cm³/mol. The van der Waals surface area contributed by atoms with E-state index in [1.54, 1.807) is 0 Å². The molecule has 0 fully saturated rings. The fourth-order valence-corrected chi connectivity index (χ4v) is 2.91. The third kappa shape index (κ3) is 5.46. The smallest absolute Gasteiger partial charge is 0.200 e. The highest BCUT2D eigenvalue weighted by Gasteiger charge is 2.29. The first-order valence-corrected chi connectivity index (χ1v) is 9.69. The van der Waals surface area contributed by atoms with E-state index in [0.717, 1.165) is 42.6 Å². The monoisotopic (exact) mass is 360 g/mol.